The molecule has 0 aliphatic carbocycles. The maximum atomic E-state index is 11.0. The SMILES string of the molecule is Cc1nn(C)cc1CNc1ccc(CS(N)(=O)=O)cc1. The van der Waals surface area contributed by atoms with Gasteiger partial charge >= 0.3 is 0 Å². The highest BCUT2D eigenvalue weighted by Gasteiger charge is 2.05. The van der Waals surface area contributed by atoms with E-state index in [9.17, 15) is 8.42 Å². The van der Waals surface area contributed by atoms with Crippen molar-refractivity contribution in [3.8, 4) is 0 Å². The van der Waals surface area contributed by atoms with Crippen molar-refractivity contribution in [3.63, 3.8) is 0 Å². The minimum atomic E-state index is -3.48. The fourth-order valence-corrected chi connectivity index (χ4v) is 2.63. The van der Waals surface area contributed by atoms with Crippen LogP contribution in [-0.4, -0.2) is 18.2 Å². The van der Waals surface area contributed by atoms with Gasteiger partial charge in [0.1, 0.15) is 0 Å². The molecule has 0 amide bonds. The molecular formula is C13H18N4O2S. The number of hydrogen-bond donors (Lipinski definition) is 2. The molecule has 0 bridgehead atoms. The van der Waals surface area contributed by atoms with Gasteiger partial charge in [0.2, 0.25) is 10.0 Å². The second-order valence-corrected chi connectivity index (χ2v) is 6.39. The van der Waals surface area contributed by atoms with Crippen LogP contribution in [0.5, 0.6) is 0 Å². The van der Waals surface area contributed by atoms with Gasteiger partial charge in [0, 0.05) is 31.0 Å². The molecule has 0 radical (unpaired) electrons. The van der Waals surface area contributed by atoms with Gasteiger partial charge in [-0.05, 0) is 24.6 Å². The number of nitrogens with zero attached hydrogens (tertiary/aromatic N) is 2. The maximum Gasteiger partial charge on any atom is 0.213 e. The van der Waals surface area contributed by atoms with E-state index in [1.54, 1.807) is 16.8 Å². The van der Waals surface area contributed by atoms with E-state index in [0.29, 0.717) is 12.1 Å². The van der Waals surface area contributed by atoms with E-state index in [0.717, 1.165) is 16.9 Å². The molecule has 0 aliphatic rings. The van der Waals surface area contributed by atoms with Gasteiger partial charge < -0.3 is 5.32 Å². The molecule has 0 spiro atoms. The third-order valence-corrected chi connectivity index (χ3v) is 3.66. The molecule has 1 aromatic heterocycles. The van der Waals surface area contributed by atoms with Crippen molar-refractivity contribution in [1.82, 2.24) is 9.78 Å². The van der Waals surface area contributed by atoms with Crippen LogP contribution in [0.15, 0.2) is 30.5 Å². The lowest BCUT2D eigenvalue weighted by Gasteiger charge is -2.06. The minimum Gasteiger partial charge on any atom is -0.381 e. The predicted molar refractivity (Wildman–Crippen MR) is 78.5 cm³/mol. The lowest BCUT2D eigenvalue weighted by atomic mass is 10.2. The number of anilines is 1. The molecule has 3 N–H and O–H groups in total. The Kier molecular flexibility index (Phi) is 4.10. The first-order chi connectivity index (χ1) is 9.33. The Balaban J connectivity index is 1.99. The summed E-state index contributed by atoms with van der Waals surface area (Å²) in [7, 11) is -1.59. The van der Waals surface area contributed by atoms with E-state index < -0.39 is 10.0 Å². The molecule has 0 unspecified atom stereocenters. The van der Waals surface area contributed by atoms with Crippen LogP contribution in [0.25, 0.3) is 0 Å². The summed E-state index contributed by atoms with van der Waals surface area (Å²) in [6.45, 7) is 2.64. The predicted octanol–water partition coefficient (Wildman–Crippen LogP) is 1.13. The standard InChI is InChI=1S/C13H18N4O2S/c1-10-12(8-17(2)16-10)7-15-13-5-3-11(4-6-13)9-20(14,18)19/h3-6,8,15H,7,9H2,1-2H3,(H2,14,18,19). The van der Waals surface area contributed by atoms with Crippen LogP contribution in [0, 0.1) is 6.92 Å². The van der Waals surface area contributed by atoms with Crippen LogP contribution < -0.4 is 10.5 Å². The first-order valence-electron chi connectivity index (χ1n) is 6.16. The minimum absolute atomic E-state index is 0.144. The van der Waals surface area contributed by atoms with Crippen LogP contribution in [0.1, 0.15) is 16.8 Å². The number of aryl methyl sites for hydroxylation is 2. The summed E-state index contributed by atoms with van der Waals surface area (Å²) >= 11 is 0. The van der Waals surface area contributed by atoms with Gasteiger partial charge in [-0.2, -0.15) is 5.10 Å². The van der Waals surface area contributed by atoms with E-state index in [4.69, 9.17) is 5.14 Å². The molecule has 2 aromatic rings. The van der Waals surface area contributed by atoms with Gasteiger partial charge in [-0.25, -0.2) is 13.6 Å². The lowest BCUT2D eigenvalue weighted by molar-refractivity contribution is 0.597. The molecule has 1 heterocycles. The van der Waals surface area contributed by atoms with Crippen molar-refractivity contribution >= 4 is 15.7 Å². The highest BCUT2D eigenvalue weighted by atomic mass is 32.2. The smallest absolute Gasteiger partial charge is 0.213 e. The van der Waals surface area contributed by atoms with Crippen LogP contribution in [0.2, 0.25) is 0 Å². The number of primary sulfonamides is 1. The quantitative estimate of drug-likeness (QED) is 0.865. The fourth-order valence-electron chi connectivity index (χ4n) is 1.97. The van der Waals surface area contributed by atoms with Gasteiger partial charge in [0.25, 0.3) is 0 Å². The van der Waals surface area contributed by atoms with E-state index in [2.05, 4.69) is 10.4 Å². The zero-order valence-corrected chi connectivity index (χ0v) is 12.3. The average molecular weight is 294 g/mol. The molecule has 20 heavy (non-hydrogen) atoms. The summed E-state index contributed by atoms with van der Waals surface area (Å²) in [5.74, 6) is -0.144. The van der Waals surface area contributed by atoms with Crippen LogP contribution in [0.3, 0.4) is 0 Å². The summed E-state index contributed by atoms with van der Waals surface area (Å²) in [4.78, 5) is 0. The normalized spacial score (nSPS) is 11.6. The van der Waals surface area contributed by atoms with Crippen LogP contribution >= 0.6 is 0 Å². The van der Waals surface area contributed by atoms with E-state index >= 15 is 0 Å². The average Bonchev–Trinajstić information content (AvgIpc) is 2.65. The number of benzene rings is 1. The van der Waals surface area contributed by atoms with Gasteiger partial charge in [0.05, 0.1) is 11.4 Å². The van der Waals surface area contributed by atoms with Gasteiger partial charge in [0.15, 0.2) is 0 Å². The Morgan fingerprint density at radius 1 is 1.30 bits per heavy atom. The third kappa shape index (κ3) is 4.07. The van der Waals surface area contributed by atoms with Crippen molar-refractivity contribution in [2.45, 2.75) is 19.2 Å². The number of sulfonamides is 1. The van der Waals surface area contributed by atoms with Crippen molar-refractivity contribution in [2.24, 2.45) is 12.2 Å². The zero-order chi connectivity index (χ0) is 14.8. The van der Waals surface area contributed by atoms with Crippen molar-refractivity contribution in [1.29, 1.82) is 0 Å². The van der Waals surface area contributed by atoms with E-state index in [1.165, 1.54) is 0 Å². The number of hydrogen-bond acceptors (Lipinski definition) is 4. The molecule has 2 rings (SSSR count). The van der Waals surface area contributed by atoms with E-state index in [1.807, 2.05) is 32.3 Å². The lowest BCUT2D eigenvalue weighted by Crippen LogP contribution is -2.14. The molecule has 0 aliphatic heterocycles. The van der Waals surface area contributed by atoms with Crippen molar-refractivity contribution in [3.05, 3.63) is 47.3 Å². The molecule has 0 atom stereocenters. The molecule has 1 aromatic carbocycles. The maximum absolute atomic E-state index is 11.0. The molecule has 0 saturated carbocycles. The highest BCUT2D eigenvalue weighted by molar-refractivity contribution is 7.88. The Hall–Kier alpha value is -1.86. The molecule has 0 saturated heterocycles. The second-order valence-electron chi connectivity index (χ2n) is 4.77. The second kappa shape index (κ2) is 5.64. The summed E-state index contributed by atoms with van der Waals surface area (Å²) in [6, 6.07) is 7.18. The van der Waals surface area contributed by atoms with Crippen molar-refractivity contribution in [2.75, 3.05) is 5.32 Å². The fraction of sp³-hybridized carbons (Fsp3) is 0.308. The highest BCUT2D eigenvalue weighted by Crippen LogP contribution is 2.13. The van der Waals surface area contributed by atoms with Crippen LogP contribution in [-0.2, 0) is 29.4 Å². The Morgan fingerprint density at radius 3 is 2.45 bits per heavy atom. The summed E-state index contributed by atoms with van der Waals surface area (Å²) in [6.07, 6.45) is 1.97. The molecule has 0 fully saturated rings. The molecule has 108 valence electrons. The largest absolute Gasteiger partial charge is 0.381 e. The van der Waals surface area contributed by atoms with Gasteiger partial charge in [-0.3, -0.25) is 4.68 Å². The van der Waals surface area contributed by atoms with Crippen molar-refractivity contribution < 1.29 is 8.42 Å². The number of rotatable bonds is 5. The molecule has 7 heteroatoms. The Labute approximate surface area is 118 Å². The molecule has 6 nitrogen and oxygen atoms in total. The first kappa shape index (κ1) is 14.5. The number of nitrogens with one attached hydrogen (secondary N) is 1. The first-order valence-corrected chi connectivity index (χ1v) is 7.87. The van der Waals surface area contributed by atoms with Gasteiger partial charge in [-0.15, -0.1) is 0 Å². The van der Waals surface area contributed by atoms with Gasteiger partial charge in [-0.1, -0.05) is 12.1 Å². The third-order valence-electron chi connectivity index (χ3n) is 2.92. The monoisotopic (exact) mass is 294 g/mol. The number of nitrogens with two attached hydrogens (primary N) is 1. The zero-order valence-electron chi connectivity index (χ0n) is 11.5. The topological polar surface area (TPSA) is 90.0 Å². The molecular weight excluding hydrogens is 276 g/mol. The summed E-state index contributed by atoms with van der Waals surface area (Å²) < 4.78 is 23.8. The van der Waals surface area contributed by atoms with E-state index in [-0.39, 0.29) is 5.75 Å². The van der Waals surface area contributed by atoms with Crippen LogP contribution in [0.4, 0.5) is 5.69 Å². The Bertz CT molecular complexity index is 690. The summed E-state index contributed by atoms with van der Waals surface area (Å²) in [5, 5.41) is 12.6. The number of aromatic nitrogens is 2. The summed E-state index contributed by atoms with van der Waals surface area (Å²) in [5.41, 5.74) is 3.72. The Morgan fingerprint density at radius 2 is 1.95 bits per heavy atom.